The predicted octanol–water partition coefficient (Wildman–Crippen LogP) is 3.40. The zero-order chi connectivity index (χ0) is 14.0. The van der Waals surface area contributed by atoms with Gasteiger partial charge < -0.3 is 10.2 Å². The Bertz CT molecular complexity index is 476. The Kier molecular flexibility index (Phi) is 3.64. The van der Waals surface area contributed by atoms with Crippen LogP contribution in [0.2, 0.25) is 0 Å². The Balaban J connectivity index is 1.72. The van der Waals surface area contributed by atoms with E-state index in [1.165, 1.54) is 18.6 Å². The van der Waals surface area contributed by atoms with Crippen molar-refractivity contribution in [3.63, 3.8) is 0 Å². The first-order valence-corrected chi connectivity index (χ1v) is 7.53. The maximum Gasteiger partial charge on any atom is 0.318 e. The summed E-state index contributed by atoms with van der Waals surface area (Å²) in [5.74, 6) is -0.231. The Morgan fingerprint density at radius 2 is 1.70 bits per heavy atom. The molecule has 1 saturated carbocycles. The van der Waals surface area contributed by atoms with Crippen LogP contribution in [-0.2, 0) is 5.54 Å². The van der Waals surface area contributed by atoms with Crippen molar-refractivity contribution < 1.29 is 9.18 Å². The van der Waals surface area contributed by atoms with Gasteiger partial charge in [0.25, 0.3) is 0 Å². The molecule has 1 aromatic carbocycles. The molecule has 1 N–H and O–H groups in total. The molecule has 108 valence electrons. The molecule has 4 heteroatoms. The Morgan fingerprint density at radius 3 is 2.25 bits per heavy atom. The van der Waals surface area contributed by atoms with E-state index in [4.69, 9.17) is 0 Å². The first kappa shape index (κ1) is 13.4. The number of carbonyl (C=O) groups is 1. The summed E-state index contributed by atoms with van der Waals surface area (Å²) >= 11 is 0. The van der Waals surface area contributed by atoms with Crippen molar-refractivity contribution in [1.29, 1.82) is 0 Å². The number of piperidine rings is 1. The molecule has 0 unspecified atom stereocenters. The van der Waals surface area contributed by atoms with E-state index < -0.39 is 0 Å². The van der Waals surface area contributed by atoms with Gasteiger partial charge in [0.05, 0.1) is 5.54 Å². The SMILES string of the molecule is O=C(NC1(c2ccc(F)cc2)CCC1)N1CCCCC1. The molecule has 1 aromatic rings. The van der Waals surface area contributed by atoms with E-state index in [0.29, 0.717) is 0 Å². The number of amides is 2. The van der Waals surface area contributed by atoms with Crippen molar-refractivity contribution >= 4 is 6.03 Å². The lowest BCUT2D eigenvalue weighted by molar-refractivity contribution is 0.143. The number of nitrogens with zero attached hydrogens (tertiary/aromatic N) is 1. The second-order valence-corrected chi connectivity index (χ2v) is 5.92. The van der Waals surface area contributed by atoms with Gasteiger partial charge in [0.2, 0.25) is 0 Å². The van der Waals surface area contributed by atoms with E-state index in [-0.39, 0.29) is 17.4 Å². The summed E-state index contributed by atoms with van der Waals surface area (Å²) in [6.07, 6.45) is 6.40. The van der Waals surface area contributed by atoms with Crippen LogP contribution in [-0.4, -0.2) is 24.0 Å². The minimum Gasteiger partial charge on any atom is -0.328 e. The minimum absolute atomic E-state index is 0.0359. The standard InChI is InChI=1S/C16H21FN2O/c17-14-7-5-13(6-8-14)16(9-4-10-16)18-15(20)19-11-2-1-3-12-19/h5-8H,1-4,9-12H2,(H,18,20). The number of urea groups is 1. The van der Waals surface area contributed by atoms with E-state index in [2.05, 4.69) is 5.32 Å². The van der Waals surface area contributed by atoms with E-state index >= 15 is 0 Å². The van der Waals surface area contributed by atoms with Crippen molar-refractivity contribution in [2.24, 2.45) is 0 Å². The van der Waals surface area contributed by atoms with Gasteiger partial charge in [-0.3, -0.25) is 0 Å². The normalized spacial score (nSPS) is 21.1. The molecular formula is C16H21FN2O. The number of carbonyl (C=O) groups excluding carboxylic acids is 1. The lowest BCUT2D eigenvalue weighted by Gasteiger charge is -2.44. The van der Waals surface area contributed by atoms with Crippen LogP contribution in [0.25, 0.3) is 0 Å². The molecule has 0 atom stereocenters. The average molecular weight is 276 g/mol. The van der Waals surface area contributed by atoms with E-state index in [1.54, 1.807) is 12.1 Å². The van der Waals surface area contributed by atoms with E-state index in [1.807, 2.05) is 4.90 Å². The summed E-state index contributed by atoms with van der Waals surface area (Å²) in [5.41, 5.74) is 0.748. The number of nitrogens with one attached hydrogen (secondary N) is 1. The van der Waals surface area contributed by atoms with Crippen LogP contribution in [0.3, 0.4) is 0 Å². The fourth-order valence-corrected chi connectivity index (χ4v) is 3.17. The molecule has 2 aliphatic rings. The molecule has 2 amide bonds. The first-order chi connectivity index (χ1) is 9.70. The van der Waals surface area contributed by atoms with Crippen LogP contribution < -0.4 is 5.32 Å². The third-order valence-electron chi connectivity index (χ3n) is 4.59. The van der Waals surface area contributed by atoms with Gasteiger partial charge in [0.15, 0.2) is 0 Å². The van der Waals surface area contributed by atoms with Crippen LogP contribution in [0, 0.1) is 5.82 Å². The Labute approximate surface area is 119 Å². The lowest BCUT2D eigenvalue weighted by atomic mass is 9.72. The van der Waals surface area contributed by atoms with Gasteiger partial charge in [-0.15, -0.1) is 0 Å². The molecule has 0 radical (unpaired) electrons. The fraction of sp³-hybridized carbons (Fsp3) is 0.562. The fourth-order valence-electron chi connectivity index (χ4n) is 3.17. The van der Waals surface area contributed by atoms with Crippen LogP contribution in [0.4, 0.5) is 9.18 Å². The Morgan fingerprint density at radius 1 is 1.05 bits per heavy atom. The van der Waals surface area contributed by atoms with Crippen LogP contribution in [0.1, 0.15) is 44.1 Å². The number of rotatable bonds is 2. The van der Waals surface area contributed by atoms with Crippen LogP contribution in [0.15, 0.2) is 24.3 Å². The zero-order valence-corrected chi connectivity index (χ0v) is 11.7. The molecule has 1 aliphatic heterocycles. The topological polar surface area (TPSA) is 32.3 Å². The molecule has 0 bridgehead atoms. The minimum atomic E-state index is -0.276. The highest BCUT2D eigenvalue weighted by Gasteiger charge is 2.40. The van der Waals surface area contributed by atoms with Gasteiger partial charge in [0.1, 0.15) is 5.82 Å². The lowest BCUT2D eigenvalue weighted by Crippen LogP contribution is -2.55. The number of hydrogen-bond donors (Lipinski definition) is 1. The molecular weight excluding hydrogens is 255 g/mol. The molecule has 2 fully saturated rings. The van der Waals surface area contributed by atoms with E-state index in [9.17, 15) is 9.18 Å². The van der Waals surface area contributed by atoms with Gasteiger partial charge in [-0.25, -0.2) is 9.18 Å². The van der Waals surface area contributed by atoms with Gasteiger partial charge in [-0.2, -0.15) is 0 Å². The quantitative estimate of drug-likeness (QED) is 0.882. The summed E-state index contributed by atoms with van der Waals surface area (Å²) in [5, 5.41) is 3.20. The summed E-state index contributed by atoms with van der Waals surface area (Å²) in [4.78, 5) is 14.3. The van der Waals surface area contributed by atoms with Crippen molar-refractivity contribution in [2.45, 2.75) is 44.1 Å². The number of halogens is 1. The summed E-state index contributed by atoms with van der Waals surface area (Å²) in [6, 6.07) is 6.58. The summed E-state index contributed by atoms with van der Waals surface area (Å²) in [6.45, 7) is 1.71. The third kappa shape index (κ3) is 2.51. The number of benzene rings is 1. The predicted molar refractivity (Wildman–Crippen MR) is 75.9 cm³/mol. The molecule has 1 heterocycles. The van der Waals surface area contributed by atoms with Crippen LogP contribution >= 0.6 is 0 Å². The second-order valence-electron chi connectivity index (χ2n) is 5.92. The molecule has 0 aromatic heterocycles. The number of hydrogen-bond acceptors (Lipinski definition) is 1. The highest BCUT2D eigenvalue weighted by Crippen LogP contribution is 2.41. The highest BCUT2D eigenvalue weighted by molar-refractivity contribution is 5.75. The average Bonchev–Trinajstić information content (AvgIpc) is 2.45. The third-order valence-corrected chi connectivity index (χ3v) is 4.59. The van der Waals surface area contributed by atoms with Gasteiger partial charge in [0, 0.05) is 13.1 Å². The maximum atomic E-state index is 13.1. The van der Waals surface area contributed by atoms with Crippen molar-refractivity contribution in [3.05, 3.63) is 35.6 Å². The first-order valence-electron chi connectivity index (χ1n) is 7.53. The van der Waals surface area contributed by atoms with Gasteiger partial charge in [-0.05, 0) is 56.2 Å². The monoisotopic (exact) mass is 276 g/mol. The Hall–Kier alpha value is -1.58. The smallest absolute Gasteiger partial charge is 0.318 e. The molecule has 1 saturated heterocycles. The van der Waals surface area contributed by atoms with Gasteiger partial charge in [-0.1, -0.05) is 12.1 Å². The highest BCUT2D eigenvalue weighted by atomic mass is 19.1. The van der Waals surface area contributed by atoms with Crippen LogP contribution in [0.5, 0.6) is 0 Å². The maximum absolute atomic E-state index is 13.1. The van der Waals surface area contributed by atoms with Gasteiger partial charge >= 0.3 is 6.03 Å². The summed E-state index contributed by atoms with van der Waals surface area (Å²) < 4.78 is 13.1. The molecule has 1 aliphatic carbocycles. The molecule has 0 spiro atoms. The zero-order valence-electron chi connectivity index (χ0n) is 11.7. The van der Waals surface area contributed by atoms with Crippen molar-refractivity contribution in [1.82, 2.24) is 10.2 Å². The van der Waals surface area contributed by atoms with E-state index in [0.717, 1.165) is 50.8 Å². The van der Waals surface area contributed by atoms with Crippen molar-refractivity contribution in [3.8, 4) is 0 Å². The molecule has 20 heavy (non-hydrogen) atoms. The van der Waals surface area contributed by atoms with Crippen molar-refractivity contribution in [2.75, 3.05) is 13.1 Å². The molecule has 3 rings (SSSR count). The molecule has 3 nitrogen and oxygen atoms in total. The summed E-state index contributed by atoms with van der Waals surface area (Å²) in [7, 11) is 0. The number of likely N-dealkylation sites (tertiary alicyclic amines) is 1. The largest absolute Gasteiger partial charge is 0.328 e. The second kappa shape index (κ2) is 5.43.